The molecule has 0 fully saturated rings. The molecule has 6 nitrogen and oxygen atoms in total. The highest BCUT2D eigenvalue weighted by atomic mass is 16.5. The van der Waals surface area contributed by atoms with Gasteiger partial charge in [0, 0.05) is 38.2 Å². The Balaban J connectivity index is 2.67. The Bertz CT molecular complexity index is 438. The fourth-order valence-electron chi connectivity index (χ4n) is 1.95. The van der Waals surface area contributed by atoms with Gasteiger partial charge in [-0.15, -0.1) is 0 Å². The molecule has 0 heterocycles. The molecule has 6 heteroatoms. The van der Waals surface area contributed by atoms with E-state index in [1.807, 2.05) is 19.1 Å². The summed E-state index contributed by atoms with van der Waals surface area (Å²) in [4.78, 5) is 11.4. The van der Waals surface area contributed by atoms with Crippen LogP contribution in [0.2, 0.25) is 0 Å². The van der Waals surface area contributed by atoms with E-state index in [9.17, 15) is 4.79 Å². The average molecular weight is 296 g/mol. The average Bonchev–Trinajstić information content (AvgIpc) is 2.51. The second-order valence-corrected chi connectivity index (χ2v) is 4.39. The van der Waals surface area contributed by atoms with Gasteiger partial charge in [0.25, 0.3) is 0 Å². The van der Waals surface area contributed by atoms with Gasteiger partial charge in [-0.2, -0.15) is 0 Å². The van der Waals surface area contributed by atoms with Crippen LogP contribution in [-0.4, -0.2) is 40.3 Å². The highest BCUT2D eigenvalue weighted by molar-refractivity contribution is 5.75. The van der Waals surface area contributed by atoms with Gasteiger partial charge in [-0.1, -0.05) is 0 Å². The predicted octanol–water partition coefficient (Wildman–Crippen LogP) is 1.33. The number of rotatable bonds is 9. The number of ether oxygens (including phenoxy) is 3. The van der Waals surface area contributed by atoms with Gasteiger partial charge < -0.3 is 24.8 Å². The SMILES string of the molecule is CCNC(=O)CCNCc1c(OC)cc(OC)cc1OC. The van der Waals surface area contributed by atoms with Crippen LogP contribution >= 0.6 is 0 Å². The van der Waals surface area contributed by atoms with Crippen LogP contribution < -0.4 is 24.8 Å². The summed E-state index contributed by atoms with van der Waals surface area (Å²) in [5.41, 5.74) is 0.900. The number of carbonyl (C=O) groups excluding carboxylic acids is 1. The molecule has 1 amide bonds. The minimum atomic E-state index is 0.0404. The third-order valence-electron chi connectivity index (χ3n) is 3.02. The van der Waals surface area contributed by atoms with E-state index in [2.05, 4.69) is 10.6 Å². The molecule has 0 spiro atoms. The molecule has 1 rings (SSSR count). The third-order valence-corrected chi connectivity index (χ3v) is 3.02. The van der Waals surface area contributed by atoms with Gasteiger partial charge in [0.15, 0.2) is 0 Å². The van der Waals surface area contributed by atoms with Crippen molar-refractivity contribution in [1.82, 2.24) is 10.6 Å². The lowest BCUT2D eigenvalue weighted by molar-refractivity contribution is -0.120. The van der Waals surface area contributed by atoms with Crippen molar-refractivity contribution in [2.45, 2.75) is 19.9 Å². The lowest BCUT2D eigenvalue weighted by Gasteiger charge is -2.15. The summed E-state index contributed by atoms with van der Waals surface area (Å²) in [7, 11) is 4.80. The van der Waals surface area contributed by atoms with Crippen molar-refractivity contribution in [2.24, 2.45) is 0 Å². The van der Waals surface area contributed by atoms with Crippen LogP contribution in [0.3, 0.4) is 0 Å². The molecule has 0 atom stereocenters. The number of carbonyl (C=O) groups is 1. The van der Waals surface area contributed by atoms with Crippen LogP contribution in [0.4, 0.5) is 0 Å². The molecule has 0 bridgehead atoms. The van der Waals surface area contributed by atoms with Crippen molar-refractivity contribution in [3.63, 3.8) is 0 Å². The van der Waals surface area contributed by atoms with E-state index >= 15 is 0 Å². The first-order valence-electron chi connectivity index (χ1n) is 6.92. The molecule has 0 saturated carbocycles. The molecule has 0 saturated heterocycles. The van der Waals surface area contributed by atoms with Gasteiger partial charge in [-0.05, 0) is 6.92 Å². The van der Waals surface area contributed by atoms with Crippen LogP contribution in [0.25, 0.3) is 0 Å². The molecule has 1 aromatic carbocycles. The van der Waals surface area contributed by atoms with Gasteiger partial charge in [-0.3, -0.25) is 4.79 Å². The summed E-state index contributed by atoms with van der Waals surface area (Å²) in [5.74, 6) is 2.10. The molecular formula is C15H24N2O4. The molecule has 118 valence electrons. The Hall–Kier alpha value is -1.95. The summed E-state index contributed by atoms with van der Waals surface area (Å²) >= 11 is 0. The molecular weight excluding hydrogens is 272 g/mol. The zero-order chi connectivity index (χ0) is 15.7. The fraction of sp³-hybridized carbons (Fsp3) is 0.533. The van der Waals surface area contributed by atoms with Crippen molar-refractivity contribution >= 4 is 5.91 Å². The van der Waals surface area contributed by atoms with E-state index in [1.165, 1.54) is 0 Å². The van der Waals surface area contributed by atoms with Gasteiger partial charge in [0.1, 0.15) is 17.2 Å². The second-order valence-electron chi connectivity index (χ2n) is 4.39. The number of methoxy groups -OCH3 is 3. The van der Waals surface area contributed by atoms with Crippen LogP contribution in [0.15, 0.2) is 12.1 Å². The summed E-state index contributed by atoms with van der Waals surface area (Å²) in [6.45, 7) is 3.69. The Morgan fingerprint density at radius 2 is 1.71 bits per heavy atom. The Labute approximate surface area is 125 Å². The standard InChI is InChI=1S/C15H24N2O4/c1-5-17-15(18)6-7-16-10-12-13(20-3)8-11(19-2)9-14(12)21-4/h8-9,16H,5-7,10H2,1-4H3,(H,17,18). The lowest BCUT2D eigenvalue weighted by Crippen LogP contribution is -2.27. The van der Waals surface area contributed by atoms with Crippen molar-refractivity contribution in [1.29, 1.82) is 0 Å². The summed E-state index contributed by atoms with van der Waals surface area (Å²) in [5, 5.41) is 5.98. The lowest BCUT2D eigenvalue weighted by atomic mass is 10.1. The van der Waals surface area contributed by atoms with Gasteiger partial charge in [-0.25, -0.2) is 0 Å². The Kier molecular flexibility index (Phi) is 7.39. The van der Waals surface area contributed by atoms with E-state index < -0.39 is 0 Å². The largest absolute Gasteiger partial charge is 0.496 e. The smallest absolute Gasteiger partial charge is 0.221 e. The quantitative estimate of drug-likeness (QED) is 0.673. The van der Waals surface area contributed by atoms with Crippen molar-refractivity contribution in [2.75, 3.05) is 34.4 Å². The zero-order valence-corrected chi connectivity index (χ0v) is 13.1. The van der Waals surface area contributed by atoms with Crippen molar-refractivity contribution in [3.8, 4) is 17.2 Å². The predicted molar refractivity (Wildman–Crippen MR) is 81.1 cm³/mol. The monoisotopic (exact) mass is 296 g/mol. The van der Waals surface area contributed by atoms with E-state index in [0.717, 1.165) is 5.56 Å². The zero-order valence-electron chi connectivity index (χ0n) is 13.1. The van der Waals surface area contributed by atoms with Crippen LogP contribution in [0, 0.1) is 0 Å². The topological polar surface area (TPSA) is 68.8 Å². The molecule has 1 aromatic rings. The molecule has 0 aliphatic rings. The second kappa shape index (κ2) is 9.07. The van der Waals surface area contributed by atoms with Crippen LogP contribution in [-0.2, 0) is 11.3 Å². The molecule has 21 heavy (non-hydrogen) atoms. The molecule has 0 aromatic heterocycles. The minimum absolute atomic E-state index is 0.0404. The third kappa shape index (κ3) is 5.15. The van der Waals surface area contributed by atoms with E-state index in [4.69, 9.17) is 14.2 Å². The number of hydrogen-bond donors (Lipinski definition) is 2. The maximum absolute atomic E-state index is 11.4. The summed E-state index contributed by atoms with van der Waals surface area (Å²) in [6, 6.07) is 3.62. The maximum Gasteiger partial charge on any atom is 0.221 e. The van der Waals surface area contributed by atoms with Gasteiger partial charge in [0.05, 0.1) is 26.9 Å². The Morgan fingerprint density at radius 3 is 2.19 bits per heavy atom. The van der Waals surface area contributed by atoms with Crippen LogP contribution in [0.1, 0.15) is 18.9 Å². The fourth-order valence-corrected chi connectivity index (χ4v) is 1.95. The molecule has 2 N–H and O–H groups in total. The van der Waals surface area contributed by atoms with Gasteiger partial charge >= 0.3 is 0 Å². The number of benzene rings is 1. The first kappa shape index (κ1) is 17.1. The van der Waals surface area contributed by atoms with Crippen LogP contribution in [0.5, 0.6) is 17.2 Å². The first-order valence-corrected chi connectivity index (χ1v) is 6.92. The molecule has 0 aliphatic carbocycles. The normalized spacial score (nSPS) is 10.1. The molecule has 0 unspecified atom stereocenters. The maximum atomic E-state index is 11.4. The highest BCUT2D eigenvalue weighted by Gasteiger charge is 2.12. The van der Waals surface area contributed by atoms with Crippen molar-refractivity contribution < 1.29 is 19.0 Å². The minimum Gasteiger partial charge on any atom is -0.496 e. The number of amides is 1. The number of hydrogen-bond acceptors (Lipinski definition) is 5. The van der Waals surface area contributed by atoms with E-state index in [-0.39, 0.29) is 5.91 Å². The summed E-state index contributed by atoms with van der Waals surface area (Å²) < 4.78 is 15.9. The first-order chi connectivity index (χ1) is 10.2. The Morgan fingerprint density at radius 1 is 1.10 bits per heavy atom. The van der Waals surface area contributed by atoms with E-state index in [0.29, 0.717) is 43.3 Å². The highest BCUT2D eigenvalue weighted by Crippen LogP contribution is 2.33. The van der Waals surface area contributed by atoms with E-state index in [1.54, 1.807) is 21.3 Å². The molecule has 0 radical (unpaired) electrons. The van der Waals surface area contributed by atoms with Crippen molar-refractivity contribution in [3.05, 3.63) is 17.7 Å². The number of nitrogens with one attached hydrogen (secondary N) is 2. The molecule has 0 aliphatic heterocycles. The van der Waals surface area contributed by atoms with Gasteiger partial charge in [0.2, 0.25) is 5.91 Å². The summed E-state index contributed by atoms with van der Waals surface area (Å²) in [6.07, 6.45) is 0.439.